The van der Waals surface area contributed by atoms with Crippen molar-refractivity contribution < 1.29 is 9.47 Å². The molecule has 1 unspecified atom stereocenters. The summed E-state index contributed by atoms with van der Waals surface area (Å²) in [7, 11) is 3.27. The fourth-order valence-corrected chi connectivity index (χ4v) is 4.10. The number of benzene rings is 3. The predicted octanol–water partition coefficient (Wildman–Crippen LogP) is 4.65. The van der Waals surface area contributed by atoms with Crippen molar-refractivity contribution in [3.8, 4) is 34.3 Å². The van der Waals surface area contributed by atoms with Crippen LogP contribution in [0.1, 0.15) is 11.6 Å². The van der Waals surface area contributed by atoms with Gasteiger partial charge in [-0.1, -0.05) is 60.7 Å². The number of thiocarbonyl (C=S) groups is 1. The molecule has 1 aromatic heterocycles. The first-order valence-corrected chi connectivity index (χ1v) is 11.2. The van der Waals surface area contributed by atoms with Crippen molar-refractivity contribution in [2.45, 2.75) is 6.04 Å². The number of hydrogen-bond acceptors (Lipinski definition) is 5. The van der Waals surface area contributed by atoms with E-state index in [0.717, 1.165) is 22.4 Å². The lowest BCUT2D eigenvalue weighted by atomic mass is 10.0. The van der Waals surface area contributed by atoms with Crippen molar-refractivity contribution in [3.05, 3.63) is 90.5 Å². The maximum absolute atomic E-state index is 5.62. The van der Waals surface area contributed by atoms with E-state index in [1.807, 2.05) is 84.9 Å². The summed E-state index contributed by atoms with van der Waals surface area (Å²) in [4.78, 5) is 4.87. The standard InChI is InChI=1S/C26H23N5O2S/c1-32-19-13-14-20(22(15-19)33-2)21-16-23(28-26(34)27-21)31-25(18-11-7-4-8-12-18)29-24(30-31)17-9-5-3-6-10-17/h3-16,21H,1-2H3,(H2,27,28,34). The molecule has 2 N–H and O–H groups in total. The Morgan fingerprint density at radius 1 is 0.882 bits per heavy atom. The summed E-state index contributed by atoms with van der Waals surface area (Å²) < 4.78 is 12.8. The fraction of sp³-hybridized carbons (Fsp3) is 0.115. The molecule has 1 aliphatic rings. The third-order valence-electron chi connectivity index (χ3n) is 5.53. The number of rotatable bonds is 6. The molecule has 170 valence electrons. The Morgan fingerprint density at radius 3 is 2.26 bits per heavy atom. The third kappa shape index (κ3) is 4.23. The molecule has 0 saturated carbocycles. The van der Waals surface area contributed by atoms with Gasteiger partial charge in [0.2, 0.25) is 0 Å². The first-order valence-electron chi connectivity index (χ1n) is 10.8. The van der Waals surface area contributed by atoms with Crippen LogP contribution in [0.3, 0.4) is 0 Å². The van der Waals surface area contributed by atoms with Crippen LogP contribution in [0.15, 0.2) is 84.9 Å². The van der Waals surface area contributed by atoms with E-state index < -0.39 is 0 Å². The van der Waals surface area contributed by atoms with Crippen LogP contribution in [0.2, 0.25) is 0 Å². The molecule has 7 nitrogen and oxygen atoms in total. The van der Waals surface area contributed by atoms with Crippen molar-refractivity contribution in [1.29, 1.82) is 0 Å². The number of methoxy groups -OCH3 is 2. The first-order chi connectivity index (χ1) is 16.7. The molecule has 1 aliphatic heterocycles. The van der Waals surface area contributed by atoms with Gasteiger partial charge in [0.15, 0.2) is 16.8 Å². The summed E-state index contributed by atoms with van der Waals surface area (Å²) in [6, 6.07) is 25.4. The molecule has 0 amide bonds. The normalized spacial score (nSPS) is 15.2. The molecule has 3 aromatic carbocycles. The fourth-order valence-electron chi connectivity index (χ4n) is 3.86. The van der Waals surface area contributed by atoms with Gasteiger partial charge >= 0.3 is 0 Å². The van der Waals surface area contributed by atoms with E-state index >= 15 is 0 Å². The predicted molar refractivity (Wildman–Crippen MR) is 136 cm³/mol. The zero-order valence-electron chi connectivity index (χ0n) is 18.7. The highest BCUT2D eigenvalue weighted by molar-refractivity contribution is 7.80. The van der Waals surface area contributed by atoms with Crippen molar-refractivity contribution in [2.24, 2.45) is 0 Å². The molecule has 2 heterocycles. The van der Waals surface area contributed by atoms with Gasteiger partial charge in [-0.3, -0.25) is 0 Å². The van der Waals surface area contributed by atoms with E-state index in [4.69, 9.17) is 31.8 Å². The van der Waals surface area contributed by atoms with Gasteiger partial charge in [-0.25, -0.2) is 4.98 Å². The minimum atomic E-state index is -0.238. The van der Waals surface area contributed by atoms with E-state index in [1.54, 1.807) is 18.9 Å². The molecule has 4 aromatic rings. The van der Waals surface area contributed by atoms with Gasteiger partial charge in [-0.05, 0) is 30.4 Å². The van der Waals surface area contributed by atoms with Gasteiger partial charge in [0.1, 0.15) is 17.3 Å². The van der Waals surface area contributed by atoms with Gasteiger partial charge in [-0.2, -0.15) is 4.68 Å². The summed E-state index contributed by atoms with van der Waals surface area (Å²) in [5.41, 5.74) is 2.81. The zero-order chi connectivity index (χ0) is 23.5. The topological polar surface area (TPSA) is 73.2 Å². The lowest BCUT2D eigenvalue weighted by molar-refractivity contribution is 0.389. The number of nitrogens with one attached hydrogen (secondary N) is 2. The van der Waals surface area contributed by atoms with Crippen molar-refractivity contribution in [3.63, 3.8) is 0 Å². The summed E-state index contributed by atoms with van der Waals surface area (Å²) in [6.07, 6.45) is 2.02. The second-order valence-corrected chi connectivity index (χ2v) is 8.05. The van der Waals surface area contributed by atoms with Gasteiger partial charge < -0.3 is 20.1 Å². The molecule has 8 heteroatoms. The molecular weight excluding hydrogens is 446 g/mol. The largest absolute Gasteiger partial charge is 0.497 e. The molecule has 5 rings (SSSR count). The number of nitrogens with zero attached hydrogens (tertiary/aromatic N) is 3. The molecular formula is C26H23N5O2S. The van der Waals surface area contributed by atoms with Crippen molar-refractivity contribution in [2.75, 3.05) is 14.2 Å². The highest BCUT2D eigenvalue weighted by atomic mass is 32.1. The molecule has 0 radical (unpaired) electrons. The second-order valence-electron chi connectivity index (χ2n) is 7.64. The van der Waals surface area contributed by atoms with Crippen molar-refractivity contribution in [1.82, 2.24) is 25.4 Å². The Kier molecular flexibility index (Phi) is 5.97. The quantitative estimate of drug-likeness (QED) is 0.398. The van der Waals surface area contributed by atoms with E-state index in [0.29, 0.717) is 28.3 Å². The average molecular weight is 470 g/mol. The number of aromatic nitrogens is 3. The summed E-state index contributed by atoms with van der Waals surface area (Å²) in [5.74, 6) is 3.47. The van der Waals surface area contributed by atoms with Gasteiger partial charge in [0.25, 0.3) is 0 Å². The lowest BCUT2D eigenvalue weighted by Crippen LogP contribution is -2.42. The highest BCUT2D eigenvalue weighted by Crippen LogP contribution is 2.33. The molecule has 34 heavy (non-hydrogen) atoms. The van der Waals surface area contributed by atoms with Crippen LogP contribution in [0, 0.1) is 0 Å². The minimum Gasteiger partial charge on any atom is -0.497 e. The molecule has 0 saturated heterocycles. The Bertz CT molecular complexity index is 1350. The van der Waals surface area contributed by atoms with Crippen LogP contribution in [0.25, 0.3) is 28.6 Å². The Hall–Kier alpha value is -4.17. The Morgan fingerprint density at radius 2 is 1.59 bits per heavy atom. The minimum absolute atomic E-state index is 0.238. The third-order valence-corrected chi connectivity index (χ3v) is 5.75. The zero-order valence-corrected chi connectivity index (χ0v) is 19.5. The van der Waals surface area contributed by atoms with Crippen LogP contribution in [0.5, 0.6) is 11.5 Å². The SMILES string of the molecule is COc1ccc(C2C=C(n3nc(-c4ccccc4)nc3-c3ccccc3)NC(=S)N2)c(OC)c1. The van der Waals surface area contributed by atoms with Crippen LogP contribution in [0.4, 0.5) is 0 Å². The second kappa shape index (κ2) is 9.36. The van der Waals surface area contributed by atoms with E-state index in [2.05, 4.69) is 10.6 Å². The van der Waals surface area contributed by atoms with Crippen LogP contribution in [-0.2, 0) is 0 Å². The molecule has 1 atom stereocenters. The molecule has 0 spiro atoms. The Labute approximate surface area is 203 Å². The molecule has 0 aliphatic carbocycles. The maximum Gasteiger partial charge on any atom is 0.182 e. The molecule has 0 bridgehead atoms. The number of ether oxygens (including phenoxy) is 2. The summed E-state index contributed by atoms with van der Waals surface area (Å²) in [5, 5.41) is 11.9. The van der Waals surface area contributed by atoms with Crippen molar-refractivity contribution >= 4 is 23.2 Å². The lowest BCUT2D eigenvalue weighted by Gasteiger charge is -2.27. The highest BCUT2D eigenvalue weighted by Gasteiger charge is 2.25. The van der Waals surface area contributed by atoms with E-state index in [-0.39, 0.29) is 6.04 Å². The van der Waals surface area contributed by atoms with Gasteiger partial charge in [0.05, 0.1) is 20.3 Å². The van der Waals surface area contributed by atoms with E-state index in [1.165, 1.54) is 0 Å². The van der Waals surface area contributed by atoms with Crippen LogP contribution >= 0.6 is 12.2 Å². The Balaban J connectivity index is 1.63. The summed E-state index contributed by atoms with van der Waals surface area (Å²) in [6.45, 7) is 0. The van der Waals surface area contributed by atoms with E-state index in [9.17, 15) is 0 Å². The smallest absolute Gasteiger partial charge is 0.182 e. The number of hydrogen-bond donors (Lipinski definition) is 2. The first kappa shape index (κ1) is 21.7. The maximum atomic E-state index is 5.62. The van der Waals surface area contributed by atoms with Gasteiger partial charge in [-0.15, -0.1) is 5.10 Å². The summed E-state index contributed by atoms with van der Waals surface area (Å²) >= 11 is 5.56. The van der Waals surface area contributed by atoms with Crippen LogP contribution < -0.4 is 20.1 Å². The average Bonchev–Trinajstić information content (AvgIpc) is 3.35. The van der Waals surface area contributed by atoms with Gasteiger partial charge in [0, 0.05) is 22.8 Å². The molecule has 0 fully saturated rings. The van der Waals surface area contributed by atoms with Crippen LogP contribution in [-0.4, -0.2) is 34.1 Å². The monoisotopic (exact) mass is 469 g/mol.